The third-order valence-corrected chi connectivity index (χ3v) is 4.95. The Morgan fingerprint density at radius 3 is 2.62 bits per heavy atom. The minimum atomic E-state index is -0.335. The number of aromatic nitrogens is 2. The molecule has 3 rings (SSSR count). The molecule has 0 fully saturated rings. The first-order valence-corrected chi connectivity index (χ1v) is 10.9. The van der Waals surface area contributed by atoms with Gasteiger partial charge in [-0.2, -0.15) is 5.10 Å². The Balaban J connectivity index is 1.72. The van der Waals surface area contributed by atoms with Crippen LogP contribution in [0.3, 0.4) is 0 Å². The number of hydrogen-bond acceptors (Lipinski definition) is 4. The fourth-order valence-corrected chi connectivity index (χ4v) is 3.13. The van der Waals surface area contributed by atoms with Gasteiger partial charge in [-0.25, -0.2) is 0 Å². The van der Waals surface area contributed by atoms with Crippen molar-refractivity contribution in [3.8, 4) is 5.75 Å². The van der Waals surface area contributed by atoms with Crippen LogP contribution in [-0.4, -0.2) is 28.1 Å². The minimum absolute atomic E-state index is 0.194. The van der Waals surface area contributed by atoms with E-state index < -0.39 is 0 Å². The molecule has 0 aliphatic heterocycles. The van der Waals surface area contributed by atoms with Gasteiger partial charge in [-0.3, -0.25) is 14.3 Å². The molecule has 0 radical (unpaired) electrons. The average Bonchev–Trinajstić information content (AvgIpc) is 3.20. The number of benzene rings is 2. The summed E-state index contributed by atoms with van der Waals surface area (Å²) in [6.07, 6.45) is 1.66. The van der Waals surface area contributed by atoms with Gasteiger partial charge in [0.05, 0.1) is 10.7 Å². The second kappa shape index (κ2) is 10.8. The monoisotopic (exact) mass is 454 g/mol. The van der Waals surface area contributed by atoms with E-state index in [-0.39, 0.29) is 24.1 Å². The summed E-state index contributed by atoms with van der Waals surface area (Å²) in [5.74, 6) is 0.232. The highest BCUT2D eigenvalue weighted by atomic mass is 35.5. The standard InChI is InChI=1S/C24H27ClN4O3/c1-4-29-14-20(22(28-29)24(31)26-13-16(2)3)27-23(30)18-9-7-8-17(12-18)15-32-21-11-6-5-10-19(21)25/h5-12,14,16H,4,13,15H2,1-3H3,(H,26,31)(H,27,30). The van der Waals surface area contributed by atoms with E-state index in [1.165, 1.54) is 0 Å². The van der Waals surface area contributed by atoms with Gasteiger partial charge in [0.2, 0.25) is 0 Å². The molecule has 0 aliphatic carbocycles. The molecule has 0 aliphatic rings. The van der Waals surface area contributed by atoms with Crippen molar-refractivity contribution in [3.63, 3.8) is 0 Å². The first kappa shape index (κ1) is 23.3. The molecule has 0 saturated heterocycles. The zero-order valence-electron chi connectivity index (χ0n) is 18.4. The second-order valence-electron chi connectivity index (χ2n) is 7.72. The van der Waals surface area contributed by atoms with Crippen molar-refractivity contribution < 1.29 is 14.3 Å². The number of amides is 2. The van der Waals surface area contributed by atoms with Crippen molar-refractivity contribution in [2.24, 2.45) is 5.92 Å². The Bertz CT molecular complexity index is 1090. The lowest BCUT2D eigenvalue weighted by Gasteiger charge is -2.10. The zero-order valence-corrected chi connectivity index (χ0v) is 19.1. The third kappa shape index (κ3) is 6.11. The molecule has 0 atom stereocenters. The molecule has 168 valence electrons. The number of rotatable bonds is 9. The van der Waals surface area contributed by atoms with Crippen LogP contribution in [0, 0.1) is 5.92 Å². The quantitative estimate of drug-likeness (QED) is 0.487. The topological polar surface area (TPSA) is 85.2 Å². The van der Waals surface area contributed by atoms with Gasteiger partial charge < -0.3 is 15.4 Å². The van der Waals surface area contributed by atoms with Crippen LogP contribution < -0.4 is 15.4 Å². The number of aryl methyl sites for hydroxylation is 1. The lowest BCUT2D eigenvalue weighted by molar-refractivity contribution is 0.0944. The summed E-state index contributed by atoms with van der Waals surface area (Å²) in [4.78, 5) is 25.4. The first-order chi connectivity index (χ1) is 15.4. The summed E-state index contributed by atoms with van der Waals surface area (Å²) in [6, 6.07) is 14.3. The van der Waals surface area contributed by atoms with Gasteiger partial charge in [-0.05, 0) is 42.7 Å². The zero-order chi connectivity index (χ0) is 23.1. The maximum atomic E-state index is 12.9. The largest absolute Gasteiger partial charge is 0.487 e. The molecule has 7 nitrogen and oxygen atoms in total. The molecular weight excluding hydrogens is 428 g/mol. The van der Waals surface area contributed by atoms with Crippen LogP contribution in [0.1, 0.15) is 47.2 Å². The molecule has 1 heterocycles. The van der Waals surface area contributed by atoms with E-state index >= 15 is 0 Å². The normalized spacial score (nSPS) is 10.8. The SMILES string of the molecule is CCn1cc(NC(=O)c2cccc(COc3ccccc3Cl)c2)c(C(=O)NCC(C)C)n1. The van der Waals surface area contributed by atoms with Crippen LogP contribution in [0.4, 0.5) is 5.69 Å². The molecule has 3 aromatic rings. The smallest absolute Gasteiger partial charge is 0.273 e. The Hall–Kier alpha value is -3.32. The summed E-state index contributed by atoms with van der Waals surface area (Å²) >= 11 is 6.13. The predicted molar refractivity (Wildman–Crippen MR) is 125 cm³/mol. The number of halogens is 1. The summed E-state index contributed by atoms with van der Waals surface area (Å²) in [5, 5.41) is 10.5. The molecule has 32 heavy (non-hydrogen) atoms. The van der Waals surface area contributed by atoms with Gasteiger partial charge in [-0.1, -0.05) is 49.7 Å². The van der Waals surface area contributed by atoms with Crippen LogP contribution in [0.2, 0.25) is 5.02 Å². The van der Waals surface area contributed by atoms with Gasteiger partial charge in [0, 0.05) is 24.8 Å². The van der Waals surface area contributed by atoms with Gasteiger partial charge in [0.25, 0.3) is 11.8 Å². The molecule has 0 bridgehead atoms. The van der Waals surface area contributed by atoms with Crippen molar-refractivity contribution in [1.82, 2.24) is 15.1 Å². The molecule has 8 heteroatoms. The molecule has 0 saturated carbocycles. The minimum Gasteiger partial charge on any atom is -0.487 e. The highest BCUT2D eigenvalue weighted by Crippen LogP contribution is 2.24. The van der Waals surface area contributed by atoms with E-state index in [9.17, 15) is 9.59 Å². The van der Waals surface area contributed by atoms with Crippen molar-refractivity contribution in [2.75, 3.05) is 11.9 Å². The van der Waals surface area contributed by atoms with Gasteiger partial charge in [0.15, 0.2) is 5.69 Å². The average molecular weight is 455 g/mol. The maximum absolute atomic E-state index is 12.9. The fourth-order valence-electron chi connectivity index (χ4n) is 2.94. The molecule has 2 N–H and O–H groups in total. The molecule has 0 unspecified atom stereocenters. The molecule has 2 aromatic carbocycles. The van der Waals surface area contributed by atoms with Crippen LogP contribution in [0.5, 0.6) is 5.75 Å². The van der Waals surface area contributed by atoms with E-state index in [0.717, 1.165) is 5.56 Å². The Morgan fingerprint density at radius 2 is 1.91 bits per heavy atom. The number of anilines is 1. The fraction of sp³-hybridized carbons (Fsp3) is 0.292. The number of ether oxygens (including phenoxy) is 1. The van der Waals surface area contributed by atoms with Crippen molar-refractivity contribution >= 4 is 29.1 Å². The summed E-state index contributed by atoms with van der Waals surface area (Å²) in [7, 11) is 0. The number of hydrogen-bond donors (Lipinski definition) is 2. The Morgan fingerprint density at radius 1 is 1.12 bits per heavy atom. The van der Waals surface area contributed by atoms with E-state index in [0.29, 0.717) is 41.0 Å². The first-order valence-electron chi connectivity index (χ1n) is 10.5. The van der Waals surface area contributed by atoms with E-state index in [1.807, 2.05) is 39.0 Å². The van der Waals surface area contributed by atoms with Gasteiger partial charge in [0.1, 0.15) is 12.4 Å². The van der Waals surface area contributed by atoms with Crippen molar-refractivity contribution in [2.45, 2.75) is 33.9 Å². The number of carbonyl (C=O) groups is 2. The number of para-hydroxylation sites is 1. The molecule has 2 amide bonds. The van der Waals surface area contributed by atoms with Gasteiger partial charge >= 0.3 is 0 Å². The molecule has 1 aromatic heterocycles. The summed E-state index contributed by atoms with van der Waals surface area (Å²) in [5.41, 5.74) is 1.83. The van der Waals surface area contributed by atoms with E-state index in [1.54, 1.807) is 41.2 Å². The van der Waals surface area contributed by atoms with Crippen LogP contribution in [0.25, 0.3) is 0 Å². The molecular formula is C24H27ClN4O3. The highest BCUT2D eigenvalue weighted by Gasteiger charge is 2.19. The van der Waals surface area contributed by atoms with Crippen LogP contribution in [-0.2, 0) is 13.2 Å². The second-order valence-corrected chi connectivity index (χ2v) is 8.13. The third-order valence-electron chi connectivity index (χ3n) is 4.64. The number of nitrogens with one attached hydrogen (secondary N) is 2. The lowest BCUT2D eigenvalue weighted by Crippen LogP contribution is -2.28. The predicted octanol–water partition coefficient (Wildman–Crippen LogP) is 4.77. The Kier molecular flexibility index (Phi) is 7.89. The summed E-state index contributed by atoms with van der Waals surface area (Å²) in [6.45, 7) is 7.30. The van der Waals surface area contributed by atoms with Gasteiger partial charge in [-0.15, -0.1) is 0 Å². The highest BCUT2D eigenvalue weighted by molar-refractivity contribution is 6.32. The maximum Gasteiger partial charge on any atom is 0.273 e. The lowest BCUT2D eigenvalue weighted by atomic mass is 10.1. The summed E-state index contributed by atoms with van der Waals surface area (Å²) < 4.78 is 7.38. The van der Waals surface area contributed by atoms with E-state index in [4.69, 9.17) is 16.3 Å². The molecule has 0 spiro atoms. The van der Waals surface area contributed by atoms with Crippen LogP contribution in [0.15, 0.2) is 54.7 Å². The van der Waals surface area contributed by atoms with E-state index in [2.05, 4.69) is 15.7 Å². The number of nitrogens with zero attached hydrogens (tertiary/aromatic N) is 2. The van der Waals surface area contributed by atoms with Crippen molar-refractivity contribution in [3.05, 3.63) is 76.6 Å². The Labute approximate surface area is 192 Å². The number of carbonyl (C=O) groups excluding carboxylic acids is 2. The van der Waals surface area contributed by atoms with Crippen molar-refractivity contribution in [1.29, 1.82) is 0 Å². The van der Waals surface area contributed by atoms with Crippen LogP contribution >= 0.6 is 11.6 Å².